The number of pyridine rings is 1. The van der Waals surface area contributed by atoms with E-state index >= 15 is 0 Å². The topological polar surface area (TPSA) is 79.3 Å². The number of carboxylic acid groups (broad SMARTS) is 1. The van der Waals surface area contributed by atoms with Crippen LogP contribution in [0.2, 0.25) is 0 Å². The second-order valence-electron chi connectivity index (χ2n) is 5.01. The van der Waals surface area contributed by atoms with Crippen molar-refractivity contribution in [3.63, 3.8) is 0 Å². The molecule has 0 saturated heterocycles. The van der Waals surface area contributed by atoms with Crippen LogP contribution in [0.25, 0.3) is 0 Å². The smallest absolute Gasteiger partial charge is 0.310 e. The molecule has 0 aliphatic carbocycles. The molecule has 0 aliphatic heterocycles. The molecule has 5 heteroatoms. The highest BCUT2D eigenvalue weighted by Gasteiger charge is 2.37. The quantitative estimate of drug-likeness (QED) is 0.803. The van der Waals surface area contributed by atoms with Gasteiger partial charge in [0.25, 0.3) is 0 Å². The maximum Gasteiger partial charge on any atom is 0.310 e. The van der Waals surface area contributed by atoms with Crippen LogP contribution in [-0.4, -0.2) is 22.0 Å². The number of carboxylic acids is 1. The Labute approximate surface area is 119 Å². The number of carbonyl (C=O) groups is 2. The van der Waals surface area contributed by atoms with Crippen molar-refractivity contribution in [1.82, 2.24) is 10.3 Å². The van der Waals surface area contributed by atoms with Gasteiger partial charge in [-0.2, -0.15) is 0 Å². The van der Waals surface area contributed by atoms with Crippen molar-refractivity contribution in [2.75, 3.05) is 0 Å². The normalized spacial score (nSPS) is 12.8. The molecular formula is C15H22N2O3. The summed E-state index contributed by atoms with van der Waals surface area (Å²) in [5, 5.41) is 12.1. The van der Waals surface area contributed by atoms with Crippen LogP contribution >= 0.6 is 0 Å². The summed E-state index contributed by atoms with van der Waals surface area (Å²) in [5.74, 6) is -1.17. The highest BCUT2D eigenvalue weighted by Crippen LogP contribution is 2.31. The van der Waals surface area contributed by atoms with E-state index in [1.165, 1.54) is 0 Å². The van der Waals surface area contributed by atoms with Crippen molar-refractivity contribution >= 4 is 11.9 Å². The van der Waals surface area contributed by atoms with Gasteiger partial charge < -0.3 is 10.4 Å². The maximum absolute atomic E-state index is 12.1. The number of nitrogens with zero attached hydrogens (tertiary/aromatic N) is 1. The fourth-order valence-electron chi connectivity index (χ4n) is 2.18. The molecule has 0 bridgehead atoms. The Hall–Kier alpha value is -1.91. The van der Waals surface area contributed by atoms with Crippen molar-refractivity contribution in [1.29, 1.82) is 0 Å². The van der Waals surface area contributed by atoms with Crippen molar-refractivity contribution in [2.24, 2.45) is 5.41 Å². The van der Waals surface area contributed by atoms with Crippen molar-refractivity contribution in [2.45, 2.75) is 46.1 Å². The van der Waals surface area contributed by atoms with Gasteiger partial charge in [0.2, 0.25) is 5.91 Å². The summed E-state index contributed by atoms with van der Waals surface area (Å²) in [7, 11) is 0. The predicted octanol–water partition coefficient (Wildman–Crippen LogP) is 2.54. The molecule has 0 spiro atoms. The van der Waals surface area contributed by atoms with Crippen LogP contribution < -0.4 is 5.32 Å². The van der Waals surface area contributed by atoms with Crippen LogP contribution in [0.15, 0.2) is 24.4 Å². The van der Waals surface area contributed by atoms with Gasteiger partial charge in [-0.15, -0.1) is 0 Å². The summed E-state index contributed by atoms with van der Waals surface area (Å²) in [6.45, 7) is 5.43. The average Bonchev–Trinajstić information content (AvgIpc) is 2.45. The maximum atomic E-state index is 12.1. The van der Waals surface area contributed by atoms with Gasteiger partial charge in [0.05, 0.1) is 17.2 Å². The molecule has 5 nitrogen and oxygen atoms in total. The van der Waals surface area contributed by atoms with Gasteiger partial charge in [0.15, 0.2) is 0 Å². The van der Waals surface area contributed by atoms with Gasteiger partial charge in [-0.1, -0.05) is 19.9 Å². The molecule has 0 aromatic carbocycles. The molecule has 20 heavy (non-hydrogen) atoms. The first kappa shape index (κ1) is 16.1. The van der Waals surface area contributed by atoms with E-state index in [0.29, 0.717) is 12.8 Å². The van der Waals surface area contributed by atoms with Crippen molar-refractivity contribution in [3.8, 4) is 0 Å². The summed E-state index contributed by atoms with van der Waals surface area (Å²) in [5.41, 5.74) is -0.219. The first-order valence-electron chi connectivity index (χ1n) is 6.89. The summed E-state index contributed by atoms with van der Waals surface area (Å²) in [6, 6.07) is 5.25. The predicted molar refractivity (Wildman–Crippen MR) is 76.1 cm³/mol. The minimum absolute atomic E-state index is 0.00743. The fraction of sp³-hybridized carbons (Fsp3) is 0.533. The Kier molecular flexibility index (Phi) is 5.67. The van der Waals surface area contributed by atoms with Gasteiger partial charge >= 0.3 is 5.97 Å². The largest absolute Gasteiger partial charge is 0.481 e. The van der Waals surface area contributed by atoms with Crippen LogP contribution in [0.4, 0.5) is 0 Å². The zero-order valence-corrected chi connectivity index (χ0v) is 12.2. The van der Waals surface area contributed by atoms with E-state index in [-0.39, 0.29) is 18.4 Å². The van der Waals surface area contributed by atoms with Crippen LogP contribution in [0.1, 0.15) is 51.8 Å². The second kappa shape index (κ2) is 7.03. The number of aliphatic carboxylic acids is 1. The molecule has 1 atom stereocenters. The highest BCUT2D eigenvalue weighted by molar-refractivity contribution is 5.85. The first-order valence-corrected chi connectivity index (χ1v) is 6.89. The number of amides is 1. The minimum Gasteiger partial charge on any atom is -0.481 e. The summed E-state index contributed by atoms with van der Waals surface area (Å²) in [6.07, 6.45) is 2.53. The number of aromatic nitrogens is 1. The van der Waals surface area contributed by atoms with E-state index in [9.17, 15) is 14.7 Å². The lowest BCUT2D eigenvalue weighted by molar-refractivity contribution is -0.152. The SMILES string of the molecule is CCC(CC)(CC(=O)N[C@H](C)c1ccccn1)C(=O)O. The van der Waals surface area contributed by atoms with Crippen LogP contribution in [0, 0.1) is 5.41 Å². The zero-order chi connectivity index (χ0) is 15.2. The molecule has 110 valence electrons. The average molecular weight is 278 g/mol. The number of rotatable bonds is 7. The van der Waals surface area contributed by atoms with E-state index in [2.05, 4.69) is 10.3 Å². The van der Waals surface area contributed by atoms with Gasteiger partial charge in [-0.05, 0) is 31.9 Å². The van der Waals surface area contributed by atoms with E-state index in [4.69, 9.17) is 0 Å². The first-order chi connectivity index (χ1) is 9.45. The Morgan fingerprint density at radius 1 is 1.35 bits per heavy atom. The molecule has 1 rings (SSSR count). The molecule has 1 aromatic rings. The lowest BCUT2D eigenvalue weighted by Gasteiger charge is -2.26. The molecule has 0 fully saturated rings. The number of hydrogen-bond acceptors (Lipinski definition) is 3. The third-order valence-electron chi connectivity index (χ3n) is 3.82. The summed E-state index contributed by atoms with van der Waals surface area (Å²) >= 11 is 0. The molecule has 0 aliphatic rings. The lowest BCUT2D eigenvalue weighted by atomic mass is 9.79. The number of hydrogen-bond donors (Lipinski definition) is 2. The minimum atomic E-state index is -0.978. The second-order valence-corrected chi connectivity index (χ2v) is 5.01. The van der Waals surface area contributed by atoms with Gasteiger partial charge in [-0.25, -0.2) is 0 Å². The Bertz CT molecular complexity index is 455. The summed E-state index contributed by atoms with van der Waals surface area (Å²) < 4.78 is 0. The molecule has 1 aromatic heterocycles. The Balaban J connectivity index is 2.70. The zero-order valence-electron chi connectivity index (χ0n) is 12.2. The van der Waals surface area contributed by atoms with E-state index < -0.39 is 11.4 Å². The molecular weight excluding hydrogens is 256 g/mol. The fourth-order valence-corrected chi connectivity index (χ4v) is 2.18. The number of nitrogens with one attached hydrogen (secondary N) is 1. The van der Waals surface area contributed by atoms with Gasteiger partial charge in [0, 0.05) is 12.6 Å². The Morgan fingerprint density at radius 2 is 2.00 bits per heavy atom. The standard InChI is InChI=1S/C15H22N2O3/c1-4-15(5-2,14(19)20)10-13(18)17-11(3)12-8-6-7-9-16-12/h6-9,11H,4-5,10H2,1-3H3,(H,17,18)(H,19,20)/t11-/m1/s1. The van der Waals surface area contributed by atoms with Crippen LogP contribution in [0.3, 0.4) is 0 Å². The molecule has 0 unspecified atom stereocenters. The lowest BCUT2D eigenvalue weighted by Crippen LogP contribution is -2.37. The molecule has 1 heterocycles. The monoisotopic (exact) mass is 278 g/mol. The Morgan fingerprint density at radius 3 is 2.45 bits per heavy atom. The van der Waals surface area contributed by atoms with Crippen LogP contribution in [-0.2, 0) is 9.59 Å². The summed E-state index contributed by atoms with van der Waals surface area (Å²) in [4.78, 5) is 27.6. The van der Waals surface area contributed by atoms with Gasteiger partial charge in [-0.3, -0.25) is 14.6 Å². The third kappa shape index (κ3) is 3.79. The number of carbonyl (C=O) groups excluding carboxylic acids is 1. The van der Waals surface area contributed by atoms with E-state index in [1.54, 1.807) is 20.0 Å². The van der Waals surface area contributed by atoms with Crippen molar-refractivity contribution in [3.05, 3.63) is 30.1 Å². The van der Waals surface area contributed by atoms with E-state index in [1.807, 2.05) is 25.1 Å². The molecule has 2 N–H and O–H groups in total. The van der Waals surface area contributed by atoms with Crippen LogP contribution in [0.5, 0.6) is 0 Å². The van der Waals surface area contributed by atoms with Gasteiger partial charge in [0.1, 0.15) is 0 Å². The third-order valence-corrected chi connectivity index (χ3v) is 3.82. The molecule has 0 saturated carbocycles. The van der Waals surface area contributed by atoms with Crippen molar-refractivity contribution < 1.29 is 14.7 Å². The van der Waals surface area contributed by atoms with E-state index in [0.717, 1.165) is 5.69 Å². The molecule has 0 radical (unpaired) electrons. The molecule has 1 amide bonds. The highest BCUT2D eigenvalue weighted by atomic mass is 16.4.